The molecule has 0 spiro atoms. The summed E-state index contributed by atoms with van der Waals surface area (Å²) in [5.41, 5.74) is 3.50. The molecule has 0 saturated heterocycles. The Morgan fingerprint density at radius 1 is 1.11 bits per heavy atom. The van der Waals surface area contributed by atoms with Crippen molar-refractivity contribution in [3.8, 4) is 0 Å². The summed E-state index contributed by atoms with van der Waals surface area (Å²) in [7, 11) is 0. The van der Waals surface area contributed by atoms with Gasteiger partial charge in [0.05, 0.1) is 10.6 Å². The van der Waals surface area contributed by atoms with Crippen molar-refractivity contribution in [2.45, 2.75) is 18.7 Å². The van der Waals surface area contributed by atoms with Crippen molar-refractivity contribution in [1.82, 2.24) is 0 Å². The molecule has 1 amide bonds. The number of rotatable bonds is 2. The standard InChI is InChI=1S/C15H14ClNOS/c1-9-3-4-11(7-10(9)2)17-15(18)13-8-12(19)5-6-14(13)16/h3-8,19H,1-2H3,(H,17,18). The average molecular weight is 292 g/mol. The molecule has 2 rings (SSSR count). The predicted octanol–water partition coefficient (Wildman–Crippen LogP) is 4.50. The molecule has 2 aromatic carbocycles. The van der Waals surface area contributed by atoms with Gasteiger partial charge in [0.1, 0.15) is 0 Å². The highest BCUT2D eigenvalue weighted by Gasteiger charge is 2.11. The lowest BCUT2D eigenvalue weighted by molar-refractivity contribution is 0.102. The predicted molar refractivity (Wildman–Crippen MR) is 82.6 cm³/mol. The van der Waals surface area contributed by atoms with E-state index in [1.807, 2.05) is 32.0 Å². The molecule has 0 aromatic heterocycles. The fourth-order valence-electron chi connectivity index (χ4n) is 1.70. The first-order valence-corrected chi connectivity index (χ1v) is 6.67. The van der Waals surface area contributed by atoms with Gasteiger partial charge in [-0.2, -0.15) is 0 Å². The van der Waals surface area contributed by atoms with E-state index >= 15 is 0 Å². The van der Waals surface area contributed by atoms with E-state index in [-0.39, 0.29) is 5.91 Å². The van der Waals surface area contributed by atoms with E-state index in [2.05, 4.69) is 17.9 Å². The molecule has 0 heterocycles. The maximum absolute atomic E-state index is 12.2. The third-order valence-corrected chi connectivity index (χ3v) is 3.57. The molecule has 2 nitrogen and oxygen atoms in total. The molecular weight excluding hydrogens is 278 g/mol. The molecule has 2 aromatic rings. The van der Waals surface area contributed by atoms with E-state index in [4.69, 9.17) is 11.6 Å². The molecule has 19 heavy (non-hydrogen) atoms. The van der Waals surface area contributed by atoms with Crippen molar-refractivity contribution in [2.24, 2.45) is 0 Å². The van der Waals surface area contributed by atoms with Crippen LogP contribution in [0, 0.1) is 13.8 Å². The van der Waals surface area contributed by atoms with Crippen LogP contribution >= 0.6 is 24.2 Å². The van der Waals surface area contributed by atoms with Crippen LogP contribution < -0.4 is 5.32 Å². The topological polar surface area (TPSA) is 29.1 Å². The smallest absolute Gasteiger partial charge is 0.257 e. The summed E-state index contributed by atoms with van der Waals surface area (Å²) in [6, 6.07) is 10.9. The molecule has 0 aliphatic carbocycles. The van der Waals surface area contributed by atoms with Gasteiger partial charge in [-0.05, 0) is 55.3 Å². The fourth-order valence-corrected chi connectivity index (χ4v) is 2.11. The first-order valence-electron chi connectivity index (χ1n) is 5.84. The second-order valence-corrected chi connectivity index (χ2v) is 5.34. The summed E-state index contributed by atoms with van der Waals surface area (Å²) >= 11 is 10.2. The fraction of sp³-hybridized carbons (Fsp3) is 0.133. The first-order chi connectivity index (χ1) is 8.97. The molecule has 0 unspecified atom stereocenters. The molecule has 4 heteroatoms. The van der Waals surface area contributed by atoms with Crippen LogP contribution in [-0.4, -0.2) is 5.91 Å². The number of carbonyl (C=O) groups excluding carboxylic acids is 1. The minimum atomic E-state index is -0.232. The molecule has 1 N–H and O–H groups in total. The van der Waals surface area contributed by atoms with E-state index in [1.54, 1.807) is 18.2 Å². The van der Waals surface area contributed by atoms with Crippen molar-refractivity contribution in [3.63, 3.8) is 0 Å². The van der Waals surface area contributed by atoms with Gasteiger partial charge in [0.2, 0.25) is 0 Å². The number of thiol groups is 1. The van der Waals surface area contributed by atoms with Crippen molar-refractivity contribution < 1.29 is 4.79 Å². The number of hydrogen-bond donors (Lipinski definition) is 2. The van der Waals surface area contributed by atoms with Crippen LogP contribution in [0.1, 0.15) is 21.5 Å². The van der Waals surface area contributed by atoms with E-state index in [0.29, 0.717) is 15.5 Å². The van der Waals surface area contributed by atoms with Gasteiger partial charge in [-0.15, -0.1) is 12.6 Å². The van der Waals surface area contributed by atoms with Gasteiger partial charge < -0.3 is 5.32 Å². The zero-order valence-corrected chi connectivity index (χ0v) is 12.3. The van der Waals surface area contributed by atoms with E-state index in [9.17, 15) is 4.79 Å². The highest BCUT2D eigenvalue weighted by Crippen LogP contribution is 2.21. The Morgan fingerprint density at radius 3 is 2.53 bits per heavy atom. The molecule has 98 valence electrons. The summed E-state index contributed by atoms with van der Waals surface area (Å²) in [5.74, 6) is -0.232. The number of amides is 1. The quantitative estimate of drug-likeness (QED) is 0.784. The Bertz CT molecular complexity index is 640. The molecule has 0 saturated carbocycles. The zero-order chi connectivity index (χ0) is 14.0. The van der Waals surface area contributed by atoms with Crippen molar-refractivity contribution in [3.05, 3.63) is 58.1 Å². The van der Waals surface area contributed by atoms with Crippen LogP contribution in [0.5, 0.6) is 0 Å². The summed E-state index contributed by atoms with van der Waals surface area (Å²) in [6.45, 7) is 4.04. The molecule has 0 aliphatic rings. The van der Waals surface area contributed by atoms with Crippen LogP contribution in [0.4, 0.5) is 5.69 Å². The van der Waals surface area contributed by atoms with Gasteiger partial charge in [0.15, 0.2) is 0 Å². The van der Waals surface area contributed by atoms with Crippen LogP contribution in [0.2, 0.25) is 5.02 Å². The van der Waals surface area contributed by atoms with Crippen LogP contribution in [0.3, 0.4) is 0 Å². The molecule has 0 aliphatic heterocycles. The molecule has 0 radical (unpaired) electrons. The number of aryl methyl sites for hydroxylation is 2. The number of hydrogen-bond acceptors (Lipinski definition) is 2. The Morgan fingerprint density at radius 2 is 1.84 bits per heavy atom. The van der Waals surface area contributed by atoms with Gasteiger partial charge in [0.25, 0.3) is 5.91 Å². The summed E-state index contributed by atoms with van der Waals surface area (Å²) in [4.78, 5) is 12.9. The number of carbonyl (C=O) groups is 1. The van der Waals surface area contributed by atoms with Gasteiger partial charge in [-0.1, -0.05) is 17.7 Å². The van der Waals surface area contributed by atoms with Gasteiger partial charge in [-0.3, -0.25) is 4.79 Å². The third kappa shape index (κ3) is 3.31. The van der Waals surface area contributed by atoms with Gasteiger partial charge in [0, 0.05) is 10.6 Å². The van der Waals surface area contributed by atoms with Crippen LogP contribution in [0.15, 0.2) is 41.3 Å². The van der Waals surface area contributed by atoms with Gasteiger partial charge in [-0.25, -0.2) is 0 Å². The summed E-state index contributed by atoms with van der Waals surface area (Å²) in [6.07, 6.45) is 0. The highest BCUT2D eigenvalue weighted by molar-refractivity contribution is 7.80. The molecular formula is C15H14ClNOS. The number of halogens is 1. The van der Waals surface area contributed by atoms with Gasteiger partial charge >= 0.3 is 0 Å². The maximum atomic E-state index is 12.2. The van der Waals surface area contributed by atoms with E-state index in [0.717, 1.165) is 11.3 Å². The van der Waals surface area contributed by atoms with E-state index < -0.39 is 0 Å². The Hall–Kier alpha value is -1.45. The Balaban J connectivity index is 2.25. The lowest BCUT2D eigenvalue weighted by atomic mass is 10.1. The maximum Gasteiger partial charge on any atom is 0.257 e. The largest absolute Gasteiger partial charge is 0.322 e. The average Bonchev–Trinajstić information content (AvgIpc) is 2.36. The molecule has 0 bridgehead atoms. The van der Waals surface area contributed by atoms with Crippen LogP contribution in [-0.2, 0) is 0 Å². The number of anilines is 1. The number of benzene rings is 2. The lowest BCUT2D eigenvalue weighted by Crippen LogP contribution is -2.12. The molecule has 0 atom stereocenters. The third-order valence-electron chi connectivity index (χ3n) is 2.96. The SMILES string of the molecule is Cc1ccc(NC(=O)c2cc(S)ccc2Cl)cc1C. The van der Waals surface area contributed by atoms with E-state index in [1.165, 1.54) is 5.56 Å². The second-order valence-electron chi connectivity index (χ2n) is 4.42. The summed E-state index contributed by atoms with van der Waals surface area (Å²) < 4.78 is 0. The first kappa shape index (κ1) is 14.0. The minimum absolute atomic E-state index is 0.232. The van der Waals surface area contributed by atoms with Crippen molar-refractivity contribution >= 4 is 35.8 Å². The Labute approximate surface area is 123 Å². The second kappa shape index (κ2) is 5.68. The monoisotopic (exact) mass is 291 g/mol. The number of nitrogens with one attached hydrogen (secondary N) is 1. The lowest BCUT2D eigenvalue weighted by Gasteiger charge is -2.09. The zero-order valence-electron chi connectivity index (χ0n) is 10.7. The van der Waals surface area contributed by atoms with Crippen LogP contribution in [0.25, 0.3) is 0 Å². The highest BCUT2D eigenvalue weighted by atomic mass is 35.5. The normalized spacial score (nSPS) is 10.3. The summed E-state index contributed by atoms with van der Waals surface area (Å²) in [5, 5.41) is 3.25. The molecule has 0 fully saturated rings. The van der Waals surface area contributed by atoms with Crippen molar-refractivity contribution in [1.29, 1.82) is 0 Å². The van der Waals surface area contributed by atoms with Crippen molar-refractivity contribution in [2.75, 3.05) is 5.32 Å². The minimum Gasteiger partial charge on any atom is -0.322 e. The Kier molecular flexibility index (Phi) is 4.17.